The third-order valence-corrected chi connectivity index (χ3v) is 14.2. The van der Waals surface area contributed by atoms with Gasteiger partial charge in [0, 0.05) is 20.8 Å². The van der Waals surface area contributed by atoms with Crippen LogP contribution in [0.2, 0.25) is 0 Å². The number of benzene rings is 2. The molecule has 136 valence electrons. The monoisotopic (exact) mass is 458 g/mol. The van der Waals surface area contributed by atoms with Crippen LogP contribution in [0.15, 0.2) is 58.3 Å². The Kier molecular flexibility index (Phi) is 7.69. The summed E-state index contributed by atoms with van der Waals surface area (Å²) in [5, 5.41) is 19.2. The highest BCUT2D eigenvalue weighted by molar-refractivity contribution is 9.01. The van der Waals surface area contributed by atoms with E-state index in [1.165, 1.54) is 24.3 Å². The molecule has 2 aromatic rings. The molecule has 2 aromatic carbocycles. The molecule has 13 heteroatoms. The van der Waals surface area contributed by atoms with Gasteiger partial charge in [0.05, 0.1) is 9.79 Å². The molecule has 7 nitrogen and oxygen atoms in total. The summed E-state index contributed by atoms with van der Waals surface area (Å²) in [5.74, 6) is -0.173. The summed E-state index contributed by atoms with van der Waals surface area (Å²) >= 11 is 0. The van der Waals surface area contributed by atoms with Gasteiger partial charge in [0.2, 0.25) is 0 Å². The van der Waals surface area contributed by atoms with E-state index in [0.717, 1.165) is 21.6 Å². The zero-order valence-electron chi connectivity index (χ0n) is 12.2. The van der Waals surface area contributed by atoms with Crippen LogP contribution in [0.5, 0.6) is 11.5 Å². The van der Waals surface area contributed by atoms with Gasteiger partial charge in [-0.3, -0.25) is 0 Å². The minimum Gasteiger partial charge on any atom is -0.507 e. The van der Waals surface area contributed by atoms with Crippen molar-refractivity contribution >= 4 is 56.0 Å². The molecule has 0 heterocycles. The lowest BCUT2D eigenvalue weighted by atomic mass is 10.3. The third kappa shape index (κ3) is 7.13. The van der Waals surface area contributed by atoms with Crippen LogP contribution in [0, 0.1) is 0 Å². The molecule has 0 amide bonds. The lowest BCUT2D eigenvalue weighted by Gasteiger charge is -2.14. The molecule has 0 aliphatic heterocycles. The highest BCUT2D eigenvalue weighted by Crippen LogP contribution is 2.76. The molecule has 0 fully saturated rings. The molecule has 0 saturated carbocycles. The zero-order valence-corrected chi connectivity index (χ0v) is 17.2. The second-order valence-electron chi connectivity index (χ2n) is 4.27. The number of para-hydroxylation sites is 2. The van der Waals surface area contributed by atoms with E-state index >= 15 is 0 Å². The van der Waals surface area contributed by atoms with Crippen LogP contribution in [0.1, 0.15) is 0 Å². The Morgan fingerprint density at radius 3 is 1.44 bits per heavy atom. The van der Waals surface area contributed by atoms with Crippen LogP contribution in [0.3, 0.4) is 0 Å². The SMILES string of the molecule is O=P(O)(OP(=O)(O)SSc1ccccc1O)SSc1ccccc1O. The molecular formula is C12H12O7P2S4. The van der Waals surface area contributed by atoms with Crippen LogP contribution in [0.4, 0.5) is 0 Å². The average Bonchev–Trinajstić information content (AvgIpc) is 2.52. The maximum absolute atomic E-state index is 12.0. The van der Waals surface area contributed by atoms with E-state index in [-0.39, 0.29) is 11.5 Å². The van der Waals surface area contributed by atoms with E-state index in [1.54, 1.807) is 24.3 Å². The number of rotatable bonds is 8. The maximum Gasteiger partial charge on any atom is 0.405 e. The van der Waals surface area contributed by atoms with Crippen LogP contribution in [-0.4, -0.2) is 20.0 Å². The van der Waals surface area contributed by atoms with Gasteiger partial charge in [-0.25, -0.2) is 13.4 Å². The van der Waals surface area contributed by atoms with E-state index in [0.29, 0.717) is 30.6 Å². The van der Waals surface area contributed by atoms with Gasteiger partial charge in [0.15, 0.2) is 0 Å². The first-order chi connectivity index (χ1) is 11.7. The summed E-state index contributed by atoms with van der Waals surface area (Å²) in [6, 6.07) is 12.3. The lowest BCUT2D eigenvalue weighted by molar-refractivity contribution is 0.361. The van der Waals surface area contributed by atoms with Crippen molar-refractivity contribution < 1.29 is 33.4 Å². The maximum atomic E-state index is 12.0. The largest absolute Gasteiger partial charge is 0.507 e. The fourth-order valence-electron chi connectivity index (χ4n) is 1.39. The van der Waals surface area contributed by atoms with Crippen LogP contribution in [-0.2, 0) is 13.4 Å². The Balaban J connectivity index is 1.93. The summed E-state index contributed by atoms with van der Waals surface area (Å²) in [6.07, 6.45) is 0. The minimum atomic E-state index is -4.47. The van der Waals surface area contributed by atoms with Gasteiger partial charge in [0.1, 0.15) is 11.5 Å². The van der Waals surface area contributed by atoms with Gasteiger partial charge in [-0.05, 0) is 45.9 Å². The van der Waals surface area contributed by atoms with Crippen molar-refractivity contribution in [1.29, 1.82) is 0 Å². The van der Waals surface area contributed by atoms with E-state index in [9.17, 15) is 29.1 Å². The van der Waals surface area contributed by atoms with E-state index in [4.69, 9.17) is 0 Å². The highest BCUT2D eigenvalue weighted by atomic mass is 33.3. The van der Waals surface area contributed by atoms with Crippen molar-refractivity contribution in [2.75, 3.05) is 0 Å². The summed E-state index contributed by atoms with van der Waals surface area (Å²) < 4.78 is 28.5. The topological polar surface area (TPSA) is 124 Å². The van der Waals surface area contributed by atoms with Crippen LogP contribution < -0.4 is 0 Å². The fraction of sp³-hybridized carbons (Fsp3) is 0. The number of aromatic hydroxyl groups is 2. The predicted molar refractivity (Wildman–Crippen MR) is 104 cm³/mol. The second-order valence-corrected chi connectivity index (χ2v) is 15.7. The van der Waals surface area contributed by atoms with Crippen molar-refractivity contribution in [2.45, 2.75) is 9.79 Å². The standard InChI is InChI=1S/C12H12O7P2S4/c13-9-5-1-3-7-11(9)22-24-20(15,16)19-21(17,18)25-23-12-8-4-2-6-10(12)14/h1-8,13-14H,(H,15,16)(H,17,18). The van der Waals surface area contributed by atoms with Crippen molar-refractivity contribution in [3.05, 3.63) is 48.5 Å². The summed E-state index contributed by atoms with van der Waals surface area (Å²) in [5.41, 5.74) is 0. The van der Waals surface area contributed by atoms with Crippen LogP contribution >= 0.6 is 56.0 Å². The second kappa shape index (κ2) is 9.12. The van der Waals surface area contributed by atoms with Gasteiger partial charge in [-0.15, -0.1) is 0 Å². The molecule has 2 rings (SSSR count). The molecule has 0 radical (unpaired) electrons. The number of phenolic OH excluding ortho intramolecular Hbond substituents is 2. The molecule has 0 aliphatic carbocycles. The first-order valence-electron chi connectivity index (χ1n) is 6.34. The minimum absolute atomic E-state index is 0.0864. The molecule has 25 heavy (non-hydrogen) atoms. The van der Waals surface area contributed by atoms with Crippen molar-refractivity contribution in [3.63, 3.8) is 0 Å². The molecular weight excluding hydrogens is 446 g/mol. The van der Waals surface area contributed by atoms with Gasteiger partial charge in [-0.2, -0.15) is 0 Å². The molecule has 0 spiro atoms. The Hall–Kier alpha value is -0.220. The summed E-state index contributed by atoms with van der Waals surface area (Å²) in [6.45, 7) is -8.95. The van der Waals surface area contributed by atoms with Gasteiger partial charge in [0.25, 0.3) is 0 Å². The average molecular weight is 458 g/mol. The Bertz CT molecular complexity index is 767. The van der Waals surface area contributed by atoms with E-state index in [1.807, 2.05) is 0 Å². The number of hydrogen-bond donors (Lipinski definition) is 4. The van der Waals surface area contributed by atoms with Crippen molar-refractivity contribution in [3.8, 4) is 11.5 Å². The normalized spacial score (nSPS) is 16.1. The molecule has 0 aromatic heterocycles. The Morgan fingerprint density at radius 1 is 0.720 bits per heavy atom. The van der Waals surface area contributed by atoms with Crippen molar-refractivity contribution in [2.24, 2.45) is 0 Å². The first kappa shape index (κ1) is 21.1. The van der Waals surface area contributed by atoms with Gasteiger partial charge < -0.3 is 20.0 Å². The lowest BCUT2D eigenvalue weighted by Crippen LogP contribution is -1.81. The smallest absolute Gasteiger partial charge is 0.405 e. The summed E-state index contributed by atoms with van der Waals surface area (Å²) in [4.78, 5) is 20.1. The first-order valence-corrected chi connectivity index (χ1v) is 15.0. The molecule has 2 unspecified atom stereocenters. The number of phenols is 2. The van der Waals surface area contributed by atoms with Gasteiger partial charge in [-0.1, -0.05) is 24.3 Å². The number of hydrogen-bond acceptors (Lipinski definition) is 9. The highest BCUT2D eigenvalue weighted by Gasteiger charge is 2.35. The van der Waals surface area contributed by atoms with Crippen LogP contribution in [0.25, 0.3) is 0 Å². The Morgan fingerprint density at radius 2 is 1.08 bits per heavy atom. The molecule has 0 saturated heterocycles. The quantitative estimate of drug-likeness (QED) is 0.296. The molecule has 2 atom stereocenters. The molecule has 0 bridgehead atoms. The summed E-state index contributed by atoms with van der Waals surface area (Å²) in [7, 11) is 2.18. The van der Waals surface area contributed by atoms with Gasteiger partial charge >= 0.3 is 13.6 Å². The molecule has 0 aliphatic rings. The predicted octanol–water partition coefficient (Wildman–Crippen LogP) is 5.50. The third-order valence-electron chi connectivity index (χ3n) is 2.38. The van der Waals surface area contributed by atoms with E-state index < -0.39 is 13.6 Å². The Labute approximate surface area is 158 Å². The van der Waals surface area contributed by atoms with Crippen molar-refractivity contribution in [1.82, 2.24) is 0 Å². The fourth-order valence-corrected chi connectivity index (χ4v) is 12.6. The zero-order chi connectivity index (χ0) is 18.5. The van der Waals surface area contributed by atoms with E-state index in [2.05, 4.69) is 4.31 Å². The molecule has 4 N–H and O–H groups in total.